The molecule has 1 amide bonds. The summed E-state index contributed by atoms with van der Waals surface area (Å²) in [5.74, 6) is -0.00596. The van der Waals surface area contributed by atoms with Gasteiger partial charge in [0.15, 0.2) is 0 Å². The van der Waals surface area contributed by atoms with Crippen LogP contribution < -0.4 is 5.32 Å². The minimum atomic E-state index is -0.00596. The van der Waals surface area contributed by atoms with Crippen LogP contribution in [0.5, 0.6) is 0 Å². The average Bonchev–Trinajstić information content (AvgIpc) is 2.96. The van der Waals surface area contributed by atoms with Crippen molar-refractivity contribution in [2.45, 2.75) is 13.1 Å². The fourth-order valence-corrected chi connectivity index (χ4v) is 3.55. The number of carbonyl (C=O) groups is 1. The summed E-state index contributed by atoms with van der Waals surface area (Å²) in [6.45, 7) is 1.50. The molecule has 0 fully saturated rings. The molecule has 0 saturated heterocycles. The van der Waals surface area contributed by atoms with Crippen molar-refractivity contribution in [3.8, 4) is 0 Å². The molecule has 0 saturated carbocycles. The van der Waals surface area contributed by atoms with Gasteiger partial charge >= 0.3 is 0 Å². The number of nitrogens with one attached hydrogen (secondary N) is 1. The van der Waals surface area contributed by atoms with Crippen LogP contribution in [0.2, 0.25) is 5.02 Å². The highest BCUT2D eigenvalue weighted by Gasteiger charge is 2.10. The Morgan fingerprint density at radius 3 is 2.71 bits per heavy atom. The second-order valence-electron chi connectivity index (χ2n) is 5.65. The van der Waals surface area contributed by atoms with Gasteiger partial charge in [-0.2, -0.15) is 0 Å². The molecule has 3 aromatic rings. The van der Waals surface area contributed by atoms with Crippen LogP contribution >= 0.6 is 22.9 Å². The lowest BCUT2D eigenvalue weighted by Crippen LogP contribution is -2.34. The van der Waals surface area contributed by atoms with Crippen molar-refractivity contribution >= 4 is 39.1 Å². The number of benzene rings is 2. The van der Waals surface area contributed by atoms with Gasteiger partial charge < -0.3 is 5.32 Å². The maximum atomic E-state index is 12.1. The van der Waals surface area contributed by atoms with E-state index < -0.39 is 0 Å². The van der Waals surface area contributed by atoms with E-state index in [0.29, 0.717) is 24.7 Å². The molecule has 1 N–H and O–H groups in total. The molecule has 124 valence electrons. The van der Waals surface area contributed by atoms with Crippen LogP contribution in [0.3, 0.4) is 0 Å². The summed E-state index contributed by atoms with van der Waals surface area (Å²) in [6, 6.07) is 15.5. The van der Waals surface area contributed by atoms with E-state index in [0.717, 1.165) is 16.1 Å². The Kier molecular flexibility index (Phi) is 5.45. The Balaban J connectivity index is 1.49. The van der Waals surface area contributed by atoms with Crippen LogP contribution in [0.1, 0.15) is 10.6 Å². The number of hydrogen-bond donors (Lipinski definition) is 1. The van der Waals surface area contributed by atoms with E-state index in [2.05, 4.69) is 16.4 Å². The molecule has 2 aromatic carbocycles. The molecule has 0 aliphatic carbocycles. The van der Waals surface area contributed by atoms with Crippen LogP contribution in [0.15, 0.2) is 48.5 Å². The molecular formula is C18H18ClN3OS. The van der Waals surface area contributed by atoms with Crippen LogP contribution in [0.25, 0.3) is 10.2 Å². The zero-order valence-electron chi connectivity index (χ0n) is 13.3. The van der Waals surface area contributed by atoms with Crippen LogP contribution in [0.4, 0.5) is 0 Å². The van der Waals surface area contributed by atoms with Crippen molar-refractivity contribution in [1.82, 2.24) is 15.2 Å². The maximum Gasteiger partial charge on any atom is 0.234 e. The van der Waals surface area contributed by atoms with E-state index >= 15 is 0 Å². The summed E-state index contributed by atoms with van der Waals surface area (Å²) in [6.07, 6.45) is 0. The van der Waals surface area contributed by atoms with Crippen molar-refractivity contribution in [1.29, 1.82) is 0 Å². The van der Waals surface area contributed by atoms with Crippen LogP contribution in [-0.4, -0.2) is 29.4 Å². The molecule has 0 atom stereocenters. The molecule has 0 radical (unpaired) electrons. The van der Waals surface area contributed by atoms with Gasteiger partial charge in [-0.15, -0.1) is 11.3 Å². The highest BCUT2D eigenvalue weighted by molar-refractivity contribution is 7.18. The summed E-state index contributed by atoms with van der Waals surface area (Å²) in [4.78, 5) is 18.6. The maximum absolute atomic E-state index is 12.1. The second-order valence-corrected chi connectivity index (χ2v) is 7.20. The Labute approximate surface area is 150 Å². The van der Waals surface area contributed by atoms with E-state index in [-0.39, 0.29) is 5.91 Å². The highest BCUT2D eigenvalue weighted by Crippen LogP contribution is 2.22. The van der Waals surface area contributed by atoms with Crippen molar-refractivity contribution in [3.63, 3.8) is 0 Å². The Morgan fingerprint density at radius 1 is 1.21 bits per heavy atom. The third kappa shape index (κ3) is 4.54. The fourth-order valence-electron chi connectivity index (χ4n) is 2.38. The van der Waals surface area contributed by atoms with E-state index in [4.69, 9.17) is 11.6 Å². The predicted molar refractivity (Wildman–Crippen MR) is 99.3 cm³/mol. The van der Waals surface area contributed by atoms with Gasteiger partial charge in [0.25, 0.3) is 0 Å². The van der Waals surface area contributed by atoms with Crippen molar-refractivity contribution in [2.75, 3.05) is 13.6 Å². The van der Waals surface area contributed by atoms with Gasteiger partial charge in [0, 0.05) is 11.6 Å². The number of likely N-dealkylation sites (N-methyl/N-ethyl adjacent to an activating group) is 1. The fraction of sp³-hybridized carbons (Fsp3) is 0.222. The number of amides is 1. The van der Waals surface area contributed by atoms with E-state index in [1.807, 2.05) is 54.4 Å². The molecule has 6 heteroatoms. The minimum absolute atomic E-state index is 0.00596. The quantitative estimate of drug-likeness (QED) is 0.730. The largest absolute Gasteiger partial charge is 0.351 e. The molecule has 24 heavy (non-hydrogen) atoms. The molecule has 0 spiro atoms. The molecule has 1 heterocycles. The van der Waals surface area contributed by atoms with E-state index in [1.54, 1.807) is 11.3 Å². The lowest BCUT2D eigenvalue weighted by molar-refractivity contribution is -0.122. The number of halogens is 1. The van der Waals surface area contributed by atoms with Crippen LogP contribution in [-0.2, 0) is 17.9 Å². The molecule has 3 rings (SSSR count). The standard InChI is InChI=1S/C18H18ClN3OS/c1-22(12-18-21-15-4-2-3-5-16(15)24-18)11-17(23)20-10-13-6-8-14(19)9-7-13/h2-9H,10-12H2,1H3,(H,20,23). The van der Waals surface area contributed by atoms with Crippen molar-refractivity contribution < 1.29 is 4.79 Å². The summed E-state index contributed by atoms with van der Waals surface area (Å²) in [7, 11) is 1.92. The Bertz CT molecular complexity index is 799. The highest BCUT2D eigenvalue weighted by atomic mass is 35.5. The summed E-state index contributed by atoms with van der Waals surface area (Å²) in [5, 5.41) is 4.63. The number of carbonyl (C=O) groups excluding carboxylic acids is 1. The Hall–Kier alpha value is -1.95. The summed E-state index contributed by atoms with van der Waals surface area (Å²) >= 11 is 7.52. The first-order valence-corrected chi connectivity index (χ1v) is 8.84. The Morgan fingerprint density at radius 2 is 1.96 bits per heavy atom. The molecule has 0 bridgehead atoms. The van der Waals surface area contributed by atoms with Gasteiger partial charge in [-0.3, -0.25) is 9.69 Å². The SMILES string of the molecule is CN(CC(=O)NCc1ccc(Cl)cc1)Cc1nc2ccccc2s1. The lowest BCUT2D eigenvalue weighted by Gasteiger charge is -2.14. The predicted octanol–water partition coefficient (Wildman–Crippen LogP) is 3.70. The topological polar surface area (TPSA) is 45.2 Å². The number of hydrogen-bond acceptors (Lipinski definition) is 4. The first-order chi connectivity index (χ1) is 11.6. The number of thiazole rings is 1. The number of fused-ring (bicyclic) bond motifs is 1. The molecule has 0 unspecified atom stereocenters. The van der Waals surface area contributed by atoms with Gasteiger partial charge in [-0.25, -0.2) is 4.98 Å². The summed E-state index contributed by atoms with van der Waals surface area (Å²) < 4.78 is 1.17. The smallest absolute Gasteiger partial charge is 0.234 e. The van der Waals surface area contributed by atoms with Gasteiger partial charge in [-0.05, 0) is 36.9 Å². The first-order valence-electron chi connectivity index (χ1n) is 7.64. The number of para-hydroxylation sites is 1. The third-order valence-corrected chi connectivity index (χ3v) is 4.83. The minimum Gasteiger partial charge on any atom is -0.351 e. The van der Waals surface area contributed by atoms with Crippen LogP contribution in [0, 0.1) is 0 Å². The molecular weight excluding hydrogens is 342 g/mol. The van der Waals surface area contributed by atoms with E-state index in [1.165, 1.54) is 4.70 Å². The third-order valence-electron chi connectivity index (χ3n) is 3.56. The van der Waals surface area contributed by atoms with Crippen molar-refractivity contribution in [2.24, 2.45) is 0 Å². The van der Waals surface area contributed by atoms with Gasteiger partial charge in [0.1, 0.15) is 5.01 Å². The zero-order chi connectivity index (χ0) is 16.9. The normalized spacial score (nSPS) is 11.1. The molecule has 0 aliphatic heterocycles. The average molecular weight is 360 g/mol. The number of rotatable bonds is 6. The number of aromatic nitrogens is 1. The van der Waals surface area contributed by atoms with Crippen molar-refractivity contribution in [3.05, 3.63) is 64.1 Å². The summed E-state index contributed by atoms with van der Waals surface area (Å²) in [5.41, 5.74) is 2.04. The van der Waals surface area contributed by atoms with Gasteiger partial charge in [-0.1, -0.05) is 35.9 Å². The van der Waals surface area contributed by atoms with Gasteiger partial charge in [0.05, 0.1) is 23.3 Å². The number of nitrogens with zero attached hydrogens (tertiary/aromatic N) is 2. The lowest BCUT2D eigenvalue weighted by atomic mass is 10.2. The molecule has 4 nitrogen and oxygen atoms in total. The molecule has 1 aromatic heterocycles. The second kappa shape index (κ2) is 7.75. The monoisotopic (exact) mass is 359 g/mol. The zero-order valence-corrected chi connectivity index (χ0v) is 14.9. The first kappa shape index (κ1) is 16.9. The van der Waals surface area contributed by atoms with Gasteiger partial charge in [0.2, 0.25) is 5.91 Å². The van der Waals surface area contributed by atoms with E-state index in [9.17, 15) is 4.79 Å². The molecule has 0 aliphatic rings.